The maximum absolute atomic E-state index is 4.26. The van der Waals surface area contributed by atoms with E-state index in [9.17, 15) is 0 Å². The Balaban J connectivity index is 2.66. The number of nitrogens with zero attached hydrogens (tertiary/aromatic N) is 1. The normalized spacial score (nSPS) is 13.7. The van der Waals surface area contributed by atoms with Gasteiger partial charge in [0.15, 0.2) is 0 Å². The lowest BCUT2D eigenvalue weighted by atomic mass is 10.2. The molecule has 0 radical (unpaired) electrons. The highest BCUT2D eigenvalue weighted by Gasteiger charge is 2.13. The van der Waals surface area contributed by atoms with Crippen LogP contribution in [-0.2, 0) is 0 Å². The molecule has 1 nitrogen and oxygen atoms in total. The SMILES string of the molecule is CN(C)C(CCS)c1cccs1. The molecule has 68 valence electrons. The molecule has 1 aromatic heterocycles. The van der Waals surface area contributed by atoms with Crippen molar-refractivity contribution in [3.05, 3.63) is 22.4 Å². The third kappa shape index (κ3) is 2.51. The lowest BCUT2D eigenvalue weighted by molar-refractivity contribution is 0.298. The van der Waals surface area contributed by atoms with Crippen LogP contribution in [0.4, 0.5) is 0 Å². The summed E-state index contributed by atoms with van der Waals surface area (Å²) in [5, 5.41) is 2.13. The van der Waals surface area contributed by atoms with Crippen molar-refractivity contribution in [2.75, 3.05) is 19.8 Å². The van der Waals surface area contributed by atoms with Gasteiger partial charge < -0.3 is 4.90 Å². The lowest BCUT2D eigenvalue weighted by Gasteiger charge is -2.22. The lowest BCUT2D eigenvalue weighted by Crippen LogP contribution is -2.19. The molecule has 1 atom stereocenters. The number of thiophene rings is 1. The maximum Gasteiger partial charge on any atom is 0.0443 e. The van der Waals surface area contributed by atoms with Gasteiger partial charge >= 0.3 is 0 Å². The molecule has 0 aromatic carbocycles. The van der Waals surface area contributed by atoms with Gasteiger partial charge in [-0.3, -0.25) is 0 Å². The Morgan fingerprint density at radius 2 is 2.33 bits per heavy atom. The summed E-state index contributed by atoms with van der Waals surface area (Å²) in [7, 11) is 4.24. The molecule has 0 bridgehead atoms. The highest BCUT2D eigenvalue weighted by Crippen LogP contribution is 2.26. The van der Waals surface area contributed by atoms with Crippen LogP contribution in [-0.4, -0.2) is 24.7 Å². The molecule has 1 unspecified atom stereocenters. The Labute approximate surface area is 83.8 Å². The second kappa shape index (κ2) is 4.90. The third-order valence-electron chi connectivity index (χ3n) is 1.90. The van der Waals surface area contributed by atoms with E-state index in [1.54, 1.807) is 0 Å². The number of thiol groups is 1. The summed E-state index contributed by atoms with van der Waals surface area (Å²) in [5.74, 6) is 0.945. The minimum Gasteiger partial charge on any atom is -0.302 e. The molecule has 0 aliphatic heterocycles. The Hall–Kier alpha value is 0.01000. The van der Waals surface area contributed by atoms with Gasteiger partial charge in [0.05, 0.1) is 0 Å². The first kappa shape index (κ1) is 10.1. The summed E-state index contributed by atoms with van der Waals surface area (Å²) < 4.78 is 0. The topological polar surface area (TPSA) is 3.24 Å². The largest absolute Gasteiger partial charge is 0.302 e. The van der Waals surface area contributed by atoms with Crippen LogP contribution in [0.25, 0.3) is 0 Å². The Bertz CT molecular complexity index is 206. The Morgan fingerprint density at radius 3 is 2.75 bits per heavy atom. The van der Waals surface area contributed by atoms with Crippen LogP contribution in [0.1, 0.15) is 17.3 Å². The highest BCUT2D eigenvalue weighted by molar-refractivity contribution is 7.80. The molecule has 3 heteroatoms. The van der Waals surface area contributed by atoms with E-state index in [0.717, 1.165) is 12.2 Å². The molecule has 0 fully saturated rings. The van der Waals surface area contributed by atoms with Crippen LogP contribution < -0.4 is 0 Å². The summed E-state index contributed by atoms with van der Waals surface area (Å²) >= 11 is 6.09. The summed E-state index contributed by atoms with van der Waals surface area (Å²) in [5.41, 5.74) is 0. The minimum atomic E-state index is 0.544. The van der Waals surface area contributed by atoms with Gasteiger partial charge in [-0.05, 0) is 37.7 Å². The zero-order valence-corrected chi connectivity index (χ0v) is 9.24. The summed E-state index contributed by atoms with van der Waals surface area (Å²) in [6, 6.07) is 4.84. The van der Waals surface area contributed by atoms with E-state index < -0.39 is 0 Å². The van der Waals surface area contributed by atoms with Crippen molar-refractivity contribution >= 4 is 24.0 Å². The van der Waals surface area contributed by atoms with Crippen LogP contribution in [0.5, 0.6) is 0 Å². The fraction of sp³-hybridized carbons (Fsp3) is 0.556. The van der Waals surface area contributed by atoms with Crippen LogP contribution in [0.2, 0.25) is 0 Å². The highest BCUT2D eigenvalue weighted by atomic mass is 32.1. The summed E-state index contributed by atoms with van der Waals surface area (Å²) in [6.45, 7) is 0. The van der Waals surface area contributed by atoms with E-state index in [0.29, 0.717) is 6.04 Å². The van der Waals surface area contributed by atoms with E-state index in [1.165, 1.54) is 4.88 Å². The van der Waals surface area contributed by atoms with Gasteiger partial charge in [0.2, 0.25) is 0 Å². The molecule has 0 aliphatic carbocycles. The molecule has 0 spiro atoms. The fourth-order valence-electron chi connectivity index (χ4n) is 1.26. The average Bonchev–Trinajstić information content (AvgIpc) is 2.51. The van der Waals surface area contributed by atoms with E-state index in [1.807, 2.05) is 11.3 Å². The first-order valence-electron chi connectivity index (χ1n) is 4.06. The first-order chi connectivity index (χ1) is 5.75. The first-order valence-corrected chi connectivity index (χ1v) is 5.57. The van der Waals surface area contributed by atoms with Gasteiger partial charge in [0.1, 0.15) is 0 Å². The molecule has 1 aromatic rings. The van der Waals surface area contributed by atoms with Crippen LogP contribution in [0.3, 0.4) is 0 Å². The van der Waals surface area contributed by atoms with E-state index in [-0.39, 0.29) is 0 Å². The van der Waals surface area contributed by atoms with Crippen LogP contribution >= 0.6 is 24.0 Å². The number of hydrogen-bond donors (Lipinski definition) is 1. The maximum atomic E-state index is 4.26. The standard InChI is InChI=1S/C9H15NS2/c1-10(2)8(5-6-11)9-4-3-7-12-9/h3-4,7-8,11H,5-6H2,1-2H3. The molecule has 1 rings (SSSR count). The van der Waals surface area contributed by atoms with Gasteiger partial charge in [-0.15, -0.1) is 11.3 Å². The van der Waals surface area contributed by atoms with Crippen LogP contribution in [0.15, 0.2) is 17.5 Å². The summed E-state index contributed by atoms with van der Waals surface area (Å²) in [6.07, 6.45) is 1.12. The second-order valence-corrected chi connectivity index (χ2v) is 4.43. The van der Waals surface area contributed by atoms with Crippen molar-refractivity contribution < 1.29 is 0 Å². The fourth-order valence-corrected chi connectivity index (χ4v) is 2.46. The molecule has 1 heterocycles. The van der Waals surface area contributed by atoms with Crippen molar-refractivity contribution in [3.8, 4) is 0 Å². The molecule has 0 amide bonds. The monoisotopic (exact) mass is 201 g/mol. The van der Waals surface area contributed by atoms with Crippen molar-refractivity contribution in [2.45, 2.75) is 12.5 Å². The van der Waals surface area contributed by atoms with Crippen molar-refractivity contribution in [2.24, 2.45) is 0 Å². The molecule has 0 N–H and O–H groups in total. The molecular formula is C9H15NS2. The average molecular weight is 201 g/mol. The molecular weight excluding hydrogens is 186 g/mol. The second-order valence-electron chi connectivity index (χ2n) is 3.01. The Morgan fingerprint density at radius 1 is 1.58 bits per heavy atom. The number of hydrogen-bond acceptors (Lipinski definition) is 3. The molecule has 12 heavy (non-hydrogen) atoms. The van der Waals surface area contributed by atoms with Gasteiger partial charge in [-0.25, -0.2) is 0 Å². The predicted molar refractivity (Wildman–Crippen MR) is 59.2 cm³/mol. The van der Waals surface area contributed by atoms with Crippen LogP contribution in [0, 0.1) is 0 Å². The van der Waals surface area contributed by atoms with Crippen molar-refractivity contribution in [1.29, 1.82) is 0 Å². The molecule has 0 saturated heterocycles. The van der Waals surface area contributed by atoms with Gasteiger partial charge in [-0.2, -0.15) is 12.6 Å². The van der Waals surface area contributed by atoms with Crippen molar-refractivity contribution in [1.82, 2.24) is 4.90 Å². The van der Waals surface area contributed by atoms with E-state index in [2.05, 4.69) is 49.1 Å². The zero-order chi connectivity index (χ0) is 8.97. The predicted octanol–water partition coefficient (Wildman–Crippen LogP) is 2.67. The molecule has 0 aliphatic rings. The smallest absolute Gasteiger partial charge is 0.0443 e. The van der Waals surface area contributed by atoms with Gasteiger partial charge in [-0.1, -0.05) is 6.07 Å². The summed E-state index contributed by atoms with van der Waals surface area (Å²) in [4.78, 5) is 3.69. The zero-order valence-electron chi connectivity index (χ0n) is 7.53. The van der Waals surface area contributed by atoms with E-state index in [4.69, 9.17) is 0 Å². The van der Waals surface area contributed by atoms with Gasteiger partial charge in [0, 0.05) is 10.9 Å². The Kier molecular flexibility index (Phi) is 4.12. The van der Waals surface area contributed by atoms with Gasteiger partial charge in [0.25, 0.3) is 0 Å². The quantitative estimate of drug-likeness (QED) is 0.733. The molecule has 0 saturated carbocycles. The minimum absolute atomic E-state index is 0.544. The van der Waals surface area contributed by atoms with Crippen molar-refractivity contribution in [3.63, 3.8) is 0 Å². The van der Waals surface area contributed by atoms with E-state index >= 15 is 0 Å². The third-order valence-corrected chi connectivity index (χ3v) is 3.13. The number of rotatable bonds is 4.